The van der Waals surface area contributed by atoms with Gasteiger partial charge in [-0.25, -0.2) is 0 Å². The van der Waals surface area contributed by atoms with Crippen molar-refractivity contribution in [2.24, 2.45) is 0 Å². The third kappa shape index (κ3) is 6.19. The van der Waals surface area contributed by atoms with Crippen LogP contribution < -0.4 is 10.6 Å². The third-order valence-corrected chi connectivity index (χ3v) is 5.29. The first kappa shape index (κ1) is 20.6. The van der Waals surface area contributed by atoms with E-state index in [1.54, 1.807) is 30.3 Å². The summed E-state index contributed by atoms with van der Waals surface area (Å²) in [6.45, 7) is 1.40. The lowest BCUT2D eigenvalue weighted by Crippen LogP contribution is -2.14. The fourth-order valence-electron chi connectivity index (χ4n) is 2.12. The SMILES string of the molecule is CC(=O)Nc1ccc(NC(=O)CSc2ccc(S(C)=O)cc2[N+](=O)[O-])cc1. The van der Waals surface area contributed by atoms with Gasteiger partial charge in [0.15, 0.2) is 0 Å². The molecule has 2 aromatic carbocycles. The highest BCUT2D eigenvalue weighted by Gasteiger charge is 2.17. The largest absolute Gasteiger partial charge is 0.326 e. The summed E-state index contributed by atoms with van der Waals surface area (Å²) in [5.41, 5.74) is 0.972. The lowest BCUT2D eigenvalue weighted by atomic mass is 10.3. The molecule has 0 fully saturated rings. The van der Waals surface area contributed by atoms with E-state index >= 15 is 0 Å². The zero-order valence-corrected chi connectivity index (χ0v) is 16.2. The summed E-state index contributed by atoms with van der Waals surface area (Å²) in [5.74, 6) is -0.546. The second kappa shape index (κ2) is 9.28. The van der Waals surface area contributed by atoms with Crippen molar-refractivity contribution >= 4 is 51.4 Å². The molecule has 0 radical (unpaired) electrons. The topological polar surface area (TPSA) is 118 Å². The summed E-state index contributed by atoms with van der Waals surface area (Å²) in [5, 5.41) is 16.5. The number of benzene rings is 2. The molecular formula is C17H17N3O5S2. The molecule has 2 rings (SSSR count). The molecule has 0 aliphatic carbocycles. The van der Waals surface area contributed by atoms with Gasteiger partial charge in [0.05, 0.1) is 26.4 Å². The molecule has 0 aliphatic heterocycles. The molecule has 0 aliphatic rings. The van der Waals surface area contributed by atoms with E-state index < -0.39 is 15.7 Å². The predicted octanol–water partition coefficient (Wildman–Crippen LogP) is 3.02. The number of hydrogen-bond donors (Lipinski definition) is 2. The van der Waals surface area contributed by atoms with Gasteiger partial charge in [0.1, 0.15) is 0 Å². The van der Waals surface area contributed by atoms with Crippen molar-refractivity contribution < 1.29 is 18.7 Å². The molecular weight excluding hydrogens is 390 g/mol. The molecule has 0 spiro atoms. The summed E-state index contributed by atoms with van der Waals surface area (Å²) in [6, 6.07) is 10.9. The van der Waals surface area contributed by atoms with Crippen LogP contribution in [0.5, 0.6) is 0 Å². The van der Waals surface area contributed by atoms with Crippen molar-refractivity contribution in [2.45, 2.75) is 16.7 Å². The summed E-state index contributed by atoms with van der Waals surface area (Å²) in [4.78, 5) is 34.4. The molecule has 27 heavy (non-hydrogen) atoms. The van der Waals surface area contributed by atoms with E-state index in [-0.39, 0.29) is 23.3 Å². The van der Waals surface area contributed by atoms with Crippen molar-refractivity contribution in [3.05, 3.63) is 52.6 Å². The van der Waals surface area contributed by atoms with Crippen LogP contribution in [0.25, 0.3) is 0 Å². The second-order valence-corrected chi connectivity index (χ2v) is 7.83. The Hall–Kier alpha value is -2.72. The molecule has 1 unspecified atom stereocenters. The minimum atomic E-state index is -1.33. The number of carbonyl (C=O) groups excluding carboxylic acids is 2. The molecule has 0 bridgehead atoms. The Morgan fingerprint density at radius 3 is 2.22 bits per heavy atom. The van der Waals surface area contributed by atoms with Crippen LogP contribution in [0.15, 0.2) is 52.3 Å². The first-order chi connectivity index (χ1) is 12.8. The summed E-state index contributed by atoms with van der Waals surface area (Å²) in [7, 11) is -1.33. The Bertz CT molecular complexity index is 900. The average Bonchev–Trinajstić information content (AvgIpc) is 2.61. The van der Waals surface area contributed by atoms with E-state index in [2.05, 4.69) is 10.6 Å². The highest BCUT2D eigenvalue weighted by Crippen LogP contribution is 2.31. The van der Waals surface area contributed by atoms with Gasteiger partial charge in [-0.3, -0.25) is 23.9 Å². The molecule has 2 N–H and O–H groups in total. The molecule has 8 nitrogen and oxygen atoms in total. The molecule has 0 heterocycles. The Balaban J connectivity index is 2.00. The number of nitrogens with zero attached hydrogens (tertiary/aromatic N) is 1. The van der Waals surface area contributed by atoms with Gasteiger partial charge >= 0.3 is 0 Å². The molecule has 0 saturated carbocycles. The third-order valence-electron chi connectivity index (χ3n) is 3.31. The maximum absolute atomic E-state index is 12.1. The smallest absolute Gasteiger partial charge is 0.284 e. The number of anilines is 2. The number of hydrogen-bond acceptors (Lipinski definition) is 6. The van der Waals surface area contributed by atoms with Crippen LogP contribution in [-0.4, -0.2) is 33.0 Å². The van der Waals surface area contributed by atoms with E-state index in [0.717, 1.165) is 11.8 Å². The number of thioether (sulfide) groups is 1. The van der Waals surface area contributed by atoms with Crippen molar-refractivity contribution in [3.8, 4) is 0 Å². The van der Waals surface area contributed by atoms with Crippen LogP contribution in [0, 0.1) is 10.1 Å². The Kier molecular flexibility index (Phi) is 7.08. The molecule has 2 aromatic rings. The zero-order chi connectivity index (χ0) is 20.0. The highest BCUT2D eigenvalue weighted by atomic mass is 32.2. The number of nitro groups is 1. The lowest BCUT2D eigenvalue weighted by Gasteiger charge is -2.08. The maximum Gasteiger partial charge on any atom is 0.284 e. The van der Waals surface area contributed by atoms with Crippen LogP contribution in [0.4, 0.5) is 17.1 Å². The van der Waals surface area contributed by atoms with Gasteiger partial charge in [0.2, 0.25) is 11.8 Å². The molecule has 0 saturated heterocycles. The van der Waals surface area contributed by atoms with E-state index in [1.165, 1.54) is 25.3 Å². The first-order valence-electron chi connectivity index (χ1n) is 7.68. The van der Waals surface area contributed by atoms with Gasteiger partial charge in [-0.2, -0.15) is 0 Å². The molecule has 10 heteroatoms. The Morgan fingerprint density at radius 1 is 1.11 bits per heavy atom. The van der Waals surface area contributed by atoms with Gasteiger partial charge in [-0.15, -0.1) is 11.8 Å². The number of nitro benzene ring substituents is 1. The van der Waals surface area contributed by atoms with Gasteiger partial charge in [0, 0.05) is 35.5 Å². The monoisotopic (exact) mass is 407 g/mol. The van der Waals surface area contributed by atoms with Gasteiger partial charge < -0.3 is 10.6 Å². The summed E-state index contributed by atoms with van der Waals surface area (Å²) in [6.07, 6.45) is 1.44. The normalized spacial score (nSPS) is 11.5. The number of carbonyl (C=O) groups is 2. The molecule has 1 atom stereocenters. The standard InChI is InChI=1S/C17H17N3O5S2/c1-11(21)18-12-3-5-13(6-4-12)19-17(22)10-26-16-8-7-14(27(2)25)9-15(16)20(23)24/h3-9H,10H2,1-2H3,(H,18,21)(H,19,22). The minimum absolute atomic E-state index is 0.0250. The fourth-order valence-corrected chi connectivity index (χ4v) is 3.46. The Morgan fingerprint density at radius 2 is 1.70 bits per heavy atom. The summed E-state index contributed by atoms with van der Waals surface area (Å²) >= 11 is 1.03. The van der Waals surface area contributed by atoms with Gasteiger partial charge in [-0.1, -0.05) is 0 Å². The Labute approximate surface area is 162 Å². The van der Waals surface area contributed by atoms with Crippen molar-refractivity contribution in [1.29, 1.82) is 0 Å². The predicted molar refractivity (Wildman–Crippen MR) is 106 cm³/mol. The van der Waals surface area contributed by atoms with Crippen molar-refractivity contribution in [2.75, 3.05) is 22.6 Å². The minimum Gasteiger partial charge on any atom is -0.326 e. The van der Waals surface area contributed by atoms with E-state index in [1.807, 2.05) is 0 Å². The average molecular weight is 407 g/mol. The molecule has 142 valence electrons. The van der Waals surface area contributed by atoms with Gasteiger partial charge in [0.25, 0.3) is 5.69 Å². The van der Waals surface area contributed by atoms with Crippen molar-refractivity contribution in [1.82, 2.24) is 0 Å². The number of nitrogens with one attached hydrogen (secondary N) is 2. The molecule has 2 amide bonds. The van der Waals surface area contributed by atoms with E-state index in [0.29, 0.717) is 21.2 Å². The highest BCUT2D eigenvalue weighted by molar-refractivity contribution is 8.00. The fraction of sp³-hybridized carbons (Fsp3) is 0.176. The summed E-state index contributed by atoms with van der Waals surface area (Å²) < 4.78 is 11.5. The van der Waals surface area contributed by atoms with Crippen LogP contribution in [-0.2, 0) is 20.4 Å². The van der Waals surface area contributed by atoms with Crippen LogP contribution in [0.2, 0.25) is 0 Å². The second-order valence-electron chi connectivity index (χ2n) is 5.44. The van der Waals surface area contributed by atoms with E-state index in [4.69, 9.17) is 0 Å². The quantitative estimate of drug-likeness (QED) is 0.414. The number of rotatable bonds is 7. The van der Waals surface area contributed by atoms with Crippen LogP contribution in [0.1, 0.15) is 6.92 Å². The van der Waals surface area contributed by atoms with Crippen LogP contribution in [0.3, 0.4) is 0 Å². The zero-order valence-electron chi connectivity index (χ0n) is 14.6. The van der Waals surface area contributed by atoms with Crippen LogP contribution >= 0.6 is 11.8 Å². The lowest BCUT2D eigenvalue weighted by molar-refractivity contribution is -0.387. The number of amides is 2. The van der Waals surface area contributed by atoms with Crippen molar-refractivity contribution in [3.63, 3.8) is 0 Å². The van der Waals surface area contributed by atoms with Gasteiger partial charge in [-0.05, 0) is 36.4 Å². The first-order valence-corrected chi connectivity index (χ1v) is 10.2. The maximum atomic E-state index is 12.1. The van der Waals surface area contributed by atoms with E-state index in [9.17, 15) is 23.9 Å². The molecule has 0 aromatic heterocycles.